The molecule has 0 bridgehead atoms. The van der Waals surface area contributed by atoms with E-state index in [1.165, 1.54) is 55.3 Å². The Hall–Kier alpha value is -2.94. The van der Waals surface area contributed by atoms with Gasteiger partial charge in [-0.3, -0.25) is 3.97 Å². The molecule has 0 N–H and O–H groups in total. The molecule has 1 aliphatic heterocycles. The third kappa shape index (κ3) is 5.06. The van der Waals surface area contributed by atoms with Crippen LogP contribution in [0.5, 0.6) is 0 Å². The van der Waals surface area contributed by atoms with Gasteiger partial charge in [0.15, 0.2) is 11.5 Å². The van der Waals surface area contributed by atoms with Gasteiger partial charge in [-0.25, -0.2) is 14.8 Å². The van der Waals surface area contributed by atoms with Crippen LogP contribution in [0.15, 0.2) is 54.2 Å². The van der Waals surface area contributed by atoms with E-state index < -0.39 is 0 Å². The molecule has 1 aromatic carbocycles. The molecule has 202 valence electrons. The summed E-state index contributed by atoms with van der Waals surface area (Å²) < 4.78 is 6.99. The first-order valence-electron chi connectivity index (χ1n) is 13.7. The van der Waals surface area contributed by atoms with Crippen LogP contribution in [0.1, 0.15) is 54.3 Å². The minimum Gasteiger partial charge on any atom is -0.465 e. The number of pyridine rings is 1. The number of hydrogen-bond acceptors (Lipinski definition) is 7. The van der Waals surface area contributed by atoms with Gasteiger partial charge in [0.25, 0.3) is 0 Å². The lowest BCUT2D eigenvalue weighted by atomic mass is 9.75. The summed E-state index contributed by atoms with van der Waals surface area (Å²) in [5.41, 5.74) is 7.54. The number of nitrogens with zero attached hydrogens (tertiary/aromatic N) is 4. The van der Waals surface area contributed by atoms with E-state index in [0.29, 0.717) is 10.8 Å². The Bertz CT molecular complexity index is 1540. The second-order valence-electron chi connectivity index (χ2n) is 11.0. The van der Waals surface area contributed by atoms with Gasteiger partial charge < -0.3 is 9.64 Å². The number of likely N-dealkylation sites (N-methyl/N-ethyl adjacent to an activating group) is 1. The summed E-state index contributed by atoms with van der Waals surface area (Å²) in [5.74, 6) is 1.91. The van der Waals surface area contributed by atoms with Crippen molar-refractivity contribution in [3.8, 4) is 21.8 Å². The molecule has 0 radical (unpaired) electrons. The molecular weight excluding hydrogens is 525 g/mol. The topological polar surface area (TPSA) is 60.2 Å². The minimum absolute atomic E-state index is 0.253. The summed E-state index contributed by atoms with van der Waals surface area (Å²) >= 11 is 6.16. The fourth-order valence-corrected chi connectivity index (χ4v) is 7.52. The lowest BCUT2D eigenvalue weighted by molar-refractivity contribution is 0.0606. The van der Waals surface area contributed by atoms with Gasteiger partial charge >= 0.3 is 5.97 Å². The molecule has 2 aliphatic rings. The molecule has 6 nitrogen and oxygen atoms in total. The van der Waals surface area contributed by atoms with Crippen LogP contribution in [0.3, 0.4) is 0 Å². The maximum atomic E-state index is 13.0. The van der Waals surface area contributed by atoms with Crippen molar-refractivity contribution in [3.05, 3.63) is 64.7 Å². The number of carbonyl (C=O) groups excluding carboxylic acids is 1. The van der Waals surface area contributed by atoms with Gasteiger partial charge in [-0.1, -0.05) is 56.8 Å². The fraction of sp³-hybridized carbons (Fsp3) is 0.387. The summed E-state index contributed by atoms with van der Waals surface area (Å²) in [6.07, 6.45) is 7.76. The Morgan fingerprint density at radius 3 is 2.56 bits per heavy atom. The Morgan fingerprint density at radius 1 is 1.10 bits per heavy atom. The summed E-state index contributed by atoms with van der Waals surface area (Å²) in [7, 11) is 3.68. The molecule has 39 heavy (non-hydrogen) atoms. The third-order valence-corrected chi connectivity index (χ3v) is 9.87. The minimum atomic E-state index is -0.253. The van der Waals surface area contributed by atoms with Crippen molar-refractivity contribution >= 4 is 46.9 Å². The lowest BCUT2D eigenvalue weighted by Gasteiger charge is -2.35. The molecule has 1 aliphatic carbocycles. The number of aromatic nitrogens is 3. The molecule has 1 fully saturated rings. The third-order valence-electron chi connectivity index (χ3n) is 8.33. The molecule has 8 heteroatoms. The van der Waals surface area contributed by atoms with E-state index in [2.05, 4.69) is 67.0 Å². The van der Waals surface area contributed by atoms with Gasteiger partial charge in [0.2, 0.25) is 0 Å². The van der Waals surface area contributed by atoms with E-state index >= 15 is 0 Å². The van der Waals surface area contributed by atoms with Gasteiger partial charge in [0, 0.05) is 35.3 Å². The SMILES string of the molecule is COC(=O)c1sc(-c2ccc(-c3nc4cccnc4n3S)cc2)cc1C1=C(C2CCC(C)CC2)CN(C)CC1. The number of fused-ring (bicyclic) bond motifs is 1. The standard InChI is InChI=1S/C31H34N4O2S2/c1-19-6-8-20(9-7-19)25-18-34(2)16-14-23(25)24-17-27(39-28(24)31(36)37-3)21-10-12-22(13-11-21)29-33-26-5-4-15-32-30(26)35(29)38/h4-5,10-13,15,17,19-20,38H,6-9,14,16,18H2,1-3H3. The molecule has 3 aromatic heterocycles. The van der Waals surface area contributed by atoms with Crippen molar-refractivity contribution in [2.24, 2.45) is 11.8 Å². The number of thiophene rings is 1. The molecule has 0 spiro atoms. The maximum absolute atomic E-state index is 13.0. The predicted octanol–water partition coefficient (Wildman–Crippen LogP) is 7.22. The van der Waals surface area contributed by atoms with E-state index in [0.717, 1.165) is 64.0 Å². The number of benzene rings is 1. The van der Waals surface area contributed by atoms with Crippen LogP contribution >= 0.6 is 24.2 Å². The van der Waals surface area contributed by atoms with Crippen LogP contribution in [0.25, 0.3) is 38.6 Å². The van der Waals surface area contributed by atoms with Crippen molar-refractivity contribution < 1.29 is 9.53 Å². The second-order valence-corrected chi connectivity index (χ2v) is 12.4. The van der Waals surface area contributed by atoms with Crippen LogP contribution in [-0.2, 0) is 4.74 Å². The van der Waals surface area contributed by atoms with Crippen LogP contribution < -0.4 is 0 Å². The zero-order chi connectivity index (χ0) is 27.1. The Morgan fingerprint density at radius 2 is 1.85 bits per heavy atom. The van der Waals surface area contributed by atoms with Crippen molar-refractivity contribution in [1.29, 1.82) is 0 Å². The summed E-state index contributed by atoms with van der Waals surface area (Å²) in [6.45, 7) is 4.35. The van der Waals surface area contributed by atoms with E-state index in [1.54, 1.807) is 10.2 Å². The first-order valence-corrected chi connectivity index (χ1v) is 14.9. The van der Waals surface area contributed by atoms with Gasteiger partial charge in [0.1, 0.15) is 10.4 Å². The average Bonchev–Trinajstić information content (AvgIpc) is 3.55. The molecular formula is C31H34N4O2S2. The first kappa shape index (κ1) is 26.3. The number of esters is 1. The van der Waals surface area contributed by atoms with Crippen LogP contribution in [0.4, 0.5) is 0 Å². The molecule has 0 atom stereocenters. The summed E-state index contributed by atoms with van der Waals surface area (Å²) in [4.78, 5) is 26.3. The highest BCUT2D eigenvalue weighted by molar-refractivity contribution is 7.78. The number of thiol groups is 1. The van der Waals surface area contributed by atoms with Gasteiger partial charge in [-0.05, 0) is 73.1 Å². The summed E-state index contributed by atoms with van der Waals surface area (Å²) in [5, 5.41) is 0. The Balaban J connectivity index is 1.38. The highest BCUT2D eigenvalue weighted by atomic mass is 32.1. The number of rotatable bonds is 5. The van der Waals surface area contributed by atoms with Crippen LogP contribution in [0, 0.1) is 11.8 Å². The highest BCUT2D eigenvalue weighted by Crippen LogP contribution is 2.43. The zero-order valence-electron chi connectivity index (χ0n) is 22.7. The zero-order valence-corrected chi connectivity index (χ0v) is 24.4. The van der Waals surface area contributed by atoms with Crippen molar-refractivity contribution in [2.45, 2.75) is 39.0 Å². The van der Waals surface area contributed by atoms with Crippen LogP contribution in [-0.4, -0.2) is 52.1 Å². The normalized spacial score (nSPS) is 20.5. The molecule has 0 amide bonds. The first-order chi connectivity index (χ1) is 18.9. The number of ether oxygens (including phenoxy) is 1. The quantitative estimate of drug-likeness (QED) is 0.207. The van der Waals surface area contributed by atoms with Gasteiger partial charge in [-0.15, -0.1) is 11.3 Å². The molecule has 1 saturated carbocycles. The number of methoxy groups -OCH3 is 1. The fourth-order valence-electron chi connectivity index (χ4n) is 6.09. The predicted molar refractivity (Wildman–Crippen MR) is 162 cm³/mol. The molecule has 0 unspecified atom stereocenters. The van der Waals surface area contributed by atoms with Crippen molar-refractivity contribution in [1.82, 2.24) is 18.8 Å². The monoisotopic (exact) mass is 558 g/mol. The second kappa shape index (κ2) is 10.9. The van der Waals surface area contributed by atoms with E-state index in [-0.39, 0.29) is 5.97 Å². The van der Waals surface area contributed by atoms with E-state index in [1.807, 2.05) is 12.1 Å². The van der Waals surface area contributed by atoms with E-state index in [9.17, 15) is 4.79 Å². The van der Waals surface area contributed by atoms with E-state index in [4.69, 9.17) is 9.72 Å². The molecule has 6 rings (SSSR count). The molecule has 0 saturated heterocycles. The van der Waals surface area contributed by atoms with Gasteiger partial charge in [0.05, 0.1) is 7.11 Å². The van der Waals surface area contributed by atoms with Crippen molar-refractivity contribution in [3.63, 3.8) is 0 Å². The Labute approximate surface area is 239 Å². The highest BCUT2D eigenvalue weighted by Gasteiger charge is 2.30. The molecule has 4 heterocycles. The average molecular weight is 559 g/mol. The number of carbonyl (C=O) groups is 1. The maximum Gasteiger partial charge on any atom is 0.348 e. The molecule has 4 aromatic rings. The van der Waals surface area contributed by atoms with Crippen LogP contribution in [0.2, 0.25) is 0 Å². The van der Waals surface area contributed by atoms with Crippen molar-refractivity contribution in [2.75, 3.05) is 27.2 Å². The lowest BCUT2D eigenvalue weighted by Crippen LogP contribution is -2.31. The van der Waals surface area contributed by atoms with Gasteiger partial charge in [-0.2, -0.15) is 0 Å². The largest absolute Gasteiger partial charge is 0.465 e. The Kier molecular flexibility index (Phi) is 7.35. The summed E-state index contributed by atoms with van der Waals surface area (Å²) in [6, 6.07) is 14.3. The number of imidazole rings is 1. The smallest absolute Gasteiger partial charge is 0.348 e. The number of hydrogen-bond donors (Lipinski definition) is 1.